The van der Waals surface area contributed by atoms with Crippen LogP contribution >= 0.6 is 0 Å². The highest BCUT2D eigenvalue weighted by atomic mass is 16.5. The van der Waals surface area contributed by atoms with Gasteiger partial charge in [0.05, 0.1) is 6.61 Å². The van der Waals surface area contributed by atoms with Crippen LogP contribution in [0.15, 0.2) is 0 Å². The zero-order valence-electron chi connectivity index (χ0n) is 14.6. The van der Waals surface area contributed by atoms with Gasteiger partial charge in [-0.1, -0.05) is 90.9 Å². The average molecular weight is 299 g/mol. The number of hydrogen-bond donors (Lipinski definition) is 0. The quantitative estimate of drug-likeness (QED) is 0.243. The first kappa shape index (κ1) is 20.5. The standard InChI is InChI=1S/C19H38O2/c1-3-5-7-9-10-11-12-13-14-16-18-21-19(20)17-15-8-6-4-2/h3-18H2,1-2H3. The van der Waals surface area contributed by atoms with Gasteiger partial charge in [0.15, 0.2) is 0 Å². The van der Waals surface area contributed by atoms with Gasteiger partial charge in [-0.15, -0.1) is 0 Å². The Bertz CT molecular complexity index is 214. The maximum atomic E-state index is 11.4. The van der Waals surface area contributed by atoms with Gasteiger partial charge in [-0.05, 0) is 12.8 Å². The average Bonchev–Trinajstić information content (AvgIpc) is 2.49. The smallest absolute Gasteiger partial charge is 0.305 e. The van der Waals surface area contributed by atoms with E-state index in [0.29, 0.717) is 13.0 Å². The normalized spacial score (nSPS) is 10.8. The van der Waals surface area contributed by atoms with Crippen LogP contribution in [0.4, 0.5) is 0 Å². The Morgan fingerprint density at radius 1 is 0.619 bits per heavy atom. The lowest BCUT2D eigenvalue weighted by atomic mass is 10.1. The second-order valence-corrected chi connectivity index (χ2v) is 6.21. The van der Waals surface area contributed by atoms with Gasteiger partial charge < -0.3 is 4.74 Å². The number of ether oxygens (including phenoxy) is 1. The molecular weight excluding hydrogens is 260 g/mol. The van der Waals surface area contributed by atoms with Crippen molar-refractivity contribution in [2.24, 2.45) is 0 Å². The molecule has 0 bridgehead atoms. The Hall–Kier alpha value is -0.530. The lowest BCUT2D eigenvalue weighted by Crippen LogP contribution is -2.05. The predicted octanol–water partition coefficient (Wildman–Crippen LogP) is 6.42. The van der Waals surface area contributed by atoms with E-state index >= 15 is 0 Å². The molecule has 0 aromatic carbocycles. The highest BCUT2D eigenvalue weighted by Crippen LogP contribution is 2.10. The number of unbranched alkanes of at least 4 members (excludes halogenated alkanes) is 12. The van der Waals surface area contributed by atoms with Gasteiger partial charge in [0.2, 0.25) is 0 Å². The fourth-order valence-electron chi connectivity index (χ4n) is 2.54. The van der Waals surface area contributed by atoms with Gasteiger partial charge >= 0.3 is 5.97 Å². The largest absolute Gasteiger partial charge is 0.466 e. The van der Waals surface area contributed by atoms with Crippen molar-refractivity contribution in [3.63, 3.8) is 0 Å². The summed E-state index contributed by atoms with van der Waals surface area (Å²) in [5.41, 5.74) is 0. The summed E-state index contributed by atoms with van der Waals surface area (Å²) in [5.74, 6) is 0.00188. The molecule has 0 aliphatic rings. The minimum atomic E-state index is 0.00188. The Kier molecular flexibility index (Phi) is 17.1. The molecular formula is C19H38O2. The number of rotatable bonds is 16. The van der Waals surface area contributed by atoms with Crippen LogP contribution in [0.5, 0.6) is 0 Å². The minimum Gasteiger partial charge on any atom is -0.466 e. The van der Waals surface area contributed by atoms with Crippen molar-refractivity contribution in [3.8, 4) is 0 Å². The first-order valence-electron chi connectivity index (χ1n) is 9.46. The monoisotopic (exact) mass is 298 g/mol. The summed E-state index contributed by atoms with van der Waals surface area (Å²) in [6, 6.07) is 0. The van der Waals surface area contributed by atoms with E-state index in [-0.39, 0.29) is 5.97 Å². The van der Waals surface area contributed by atoms with Gasteiger partial charge in [0.25, 0.3) is 0 Å². The highest BCUT2D eigenvalue weighted by molar-refractivity contribution is 5.69. The van der Waals surface area contributed by atoms with E-state index in [1.165, 1.54) is 70.6 Å². The molecule has 126 valence electrons. The van der Waals surface area contributed by atoms with E-state index in [2.05, 4.69) is 13.8 Å². The molecule has 2 nitrogen and oxygen atoms in total. The number of carbonyl (C=O) groups excluding carboxylic acids is 1. The lowest BCUT2D eigenvalue weighted by Gasteiger charge is -2.05. The Labute approximate surface area is 133 Å². The first-order valence-corrected chi connectivity index (χ1v) is 9.46. The van der Waals surface area contributed by atoms with Crippen LogP contribution in [0, 0.1) is 0 Å². The van der Waals surface area contributed by atoms with E-state index in [4.69, 9.17) is 4.74 Å². The fraction of sp³-hybridized carbons (Fsp3) is 0.947. The molecule has 0 aliphatic carbocycles. The van der Waals surface area contributed by atoms with Gasteiger partial charge in [-0.2, -0.15) is 0 Å². The molecule has 0 N–H and O–H groups in total. The summed E-state index contributed by atoms with van der Waals surface area (Å²) < 4.78 is 5.26. The van der Waals surface area contributed by atoms with E-state index in [0.717, 1.165) is 19.3 Å². The Balaban J connectivity index is 3.09. The van der Waals surface area contributed by atoms with Crippen LogP contribution in [-0.4, -0.2) is 12.6 Å². The number of hydrogen-bond acceptors (Lipinski definition) is 2. The zero-order valence-corrected chi connectivity index (χ0v) is 14.6. The third kappa shape index (κ3) is 17.4. The zero-order chi connectivity index (χ0) is 15.6. The lowest BCUT2D eigenvalue weighted by molar-refractivity contribution is -0.143. The van der Waals surface area contributed by atoms with Crippen molar-refractivity contribution in [2.75, 3.05) is 6.61 Å². The molecule has 0 fully saturated rings. The molecule has 0 saturated heterocycles. The maximum Gasteiger partial charge on any atom is 0.305 e. The summed E-state index contributed by atoms with van der Waals surface area (Å²) in [6.45, 7) is 5.07. The minimum absolute atomic E-state index is 0.00188. The van der Waals surface area contributed by atoms with Crippen molar-refractivity contribution < 1.29 is 9.53 Å². The van der Waals surface area contributed by atoms with Crippen LogP contribution in [-0.2, 0) is 9.53 Å². The summed E-state index contributed by atoms with van der Waals surface area (Å²) in [7, 11) is 0. The fourth-order valence-corrected chi connectivity index (χ4v) is 2.54. The highest BCUT2D eigenvalue weighted by Gasteiger charge is 2.01. The van der Waals surface area contributed by atoms with Crippen molar-refractivity contribution in [2.45, 2.75) is 110 Å². The molecule has 0 unspecified atom stereocenters. The molecule has 0 radical (unpaired) electrons. The number of esters is 1. The molecule has 2 heteroatoms. The van der Waals surface area contributed by atoms with Crippen LogP contribution in [0.25, 0.3) is 0 Å². The molecule has 0 aliphatic heterocycles. The van der Waals surface area contributed by atoms with E-state index in [1.54, 1.807) is 0 Å². The van der Waals surface area contributed by atoms with Gasteiger partial charge in [0.1, 0.15) is 0 Å². The van der Waals surface area contributed by atoms with Gasteiger partial charge in [-0.3, -0.25) is 4.79 Å². The second kappa shape index (κ2) is 17.5. The van der Waals surface area contributed by atoms with Gasteiger partial charge in [-0.25, -0.2) is 0 Å². The second-order valence-electron chi connectivity index (χ2n) is 6.21. The molecule has 21 heavy (non-hydrogen) atoms. The van der Waals surface area contributed by atoms with Crippen molar-refractivity contribution >= 4 is 5.97 Å². The topological polar surface area (TPSA) is 26.3 Å². The van der Waals surface area contributed by atoms with Crippen LogP contribution in [0.3, 0.4) is 0 Å². The van der Waals surface area contributed by atoms with Crippen molar-refractivity contribution in [1.29, 1.82) is 0 Å². The summed E-state index contributed by atoms with van der Waals surface area (Å²) in [5, 5.41) is 0. The van der Waals surface area contributed by atoms with Crippen LogP contribution in [0.2, 0.25) is 0 Å². The Morgan fingerprint density at radius 3 is 1.57 bits per heavy atom. The molecule has 0 aromatic heterocycles. The third-order valence-corrected chi connectivity index (χ3v) is 4.00. The summed E-state index contributed by atoms with van der Waals surface area (Å²) in [4.78, 5) is 11.4. The maximum absolute atomic E-state index is 11.4. The van der Waals surface area contributed by atoms with E-state index < -0.39 is 0 Å². The van der Waals surface area contributed by atoms with Crippen LogP contribution in [0.1, 0.15) is 110 Å². The summed E-state index contributed by atoms with van der Waals surface area (Å²) in [6.07, 6.45) is 18.4. The molecule has 0 aromatic rings. The Morgan fingerprint density at radius 2 is 1.05 bits per heavy atom. The predicted molar refractivity (Wildman–Crippen MR) is 91.6 cm³/mol. The third-order valence-electron chi connectivity index (χ3n) is 4.00. The molecule has 0 atom stereocenters. The van der Waals surface area contributed by atoms with Crippen LogP contribution < -0.4 is 0 Å². The van der Waals surface area contributed by atoms with E-state index in [1.807, 2.05) is 0 Å². The van der Waals surface area contributed by atoms with Gasteiger partial charge in [0, 0.05) is 6.42 Å². The number of carbonyl (C=O) groups is 1. The van der Waals surface area contributed by atoms with Crippen molar-refractivity contribution in [1.82, 2.24) is 0 Å². The molecule has 0 saturated carbocycles. The molecule has 0 spiro atoms. The first-order chi connectivity index (χ1) is 10.3. The molecule has 0 heterocycles. The summed E-state index contributed by atoms with van der Waals surface area (Å²) >= 11 is 0. The SMILES string of the molecule is CCCCCCCCCCCCOC(=O)CCCCCC. The van der Waals surface area contributed by atoms with E-state index in [9.17, 15) is 4.79 Å². The van der Waals surface area contributed by atoms with Crippen molar-refractivity contribution in [3.05, 3.63) is 0 Å². The molecule has 0 amide bonds. The molecule has 0 rings (SSSR count).